The molecular formula is C17H27NO2. The molecule has 3 nitrogen and oxygen atoms in total. The predicted octanol–water partition coefficient (Wildman–Crippen LogP) is 3.62. The SMILES string of the molecule is CCOc1cc(C)c(C)cc1C(=O)CCN(CC)CC. The molecule has 0 amide bonds. The molecule has 0 aliphatic heterocycles. The van der Waals surface area contributed by atoms with Crippen LogP contribution in [0.4, 0.5) is 0 Å². The fourth-order valence-electron chi connectivity index (χ4n) is 2.22. The lowest BCUT2D eigenvalue weighted by Gasteiger charge is -2.18. The smallest absolute Gasteiger partial charge is 0.167 e. The van der Waals surface area contributed by atoms with Crippen molar-refractivity contribution in [1.82, 2.24) is 4.90 Å². The number of Topliss-reactive ketones (excluding diaryl/α,β-unsaturated/α-hetero) is 1. The van der Waals surface area contributed by atoms with Gasteiger partial charge in [0, 0.05) is 13.0 Å². The molecule has 0 saturated heterocycles. The minimum absolute atomic E-state index is 0.170. The summed E-state index contributed by atoms with van der Waals surface area (Å²) in [5.74, 6) is 0.892. The third kappa shape index (κ3) is 4.34. The van der Waals surface area contributed by atoms with Crippen LogP contribution in [0.25, 0.3) is 0 Å². The van der Waals surface area contributed by atoms with Gasteiger partial charge in [0.2, 0.25) is 0 Å². The summed E-state index contributed by atoms with van der Waals surface area (Å²) in [5, 5.41) is 0. The number of carbonyl (C=O) groups excluding carboxylic acids is 1. The first kappa shape index (κ1) is 16.7. The molecule has 0 unspecified atom stereocenters. The molecule has 1 rings (SSSR count). The van der Waals surface area contributed by atoms with Crippen LogP contribution in [0.2, 0.25) is 0 Å². The maximum absolute atomic E-state index is 12.4. The second-order valence-corrected chi connectivity index (χ2v) is 5.07. The van der Waals surface area contributed by atoms with Crippen molar-refractivity contribution in [2.24, 2.45) is 0 Å². The quantitative estimate of drug-likeness (QED) is 0.680. The Kier molecular flexibility index (Phi) is 6.73. The first-order valence-corrected chi connectivity index (χ1v) is 7.53. The standard InChI is InChI=1S/C17H27NO2/c1-6-18(7-2)10-9-16(19)15-11-13(4)14(5)12-17(15)20-8-3/h11-12H,6-10H2,1-5H3. The van der Waals surface area contributed by atoms with E-state index in [0.29, 0.717) is 13.0 Å². The second-order valence-electron chi connectivity index (χ2n) is 5.07. The third-order valence-electron chi connectivity index (χ3n) is 3.75. The van der Waals surface area contributed by atoms with E-state index in [1.165, 1.54) is 0 Å². The van der Waals surface area contributed by atoms with Crippen LogP contribution < -0.4 is 4.74 Å². The summed E-state index contributed by atoms with van der Waals surface area (Å²) in [6.45, 7) is 13.6. The largest absolute Gasteiger partial charge is 0.493 e. The van der Waals surface area contributed by atoms with Crippen LogP contribution >= 0.6 is 0 Å². The molecule has 0 atom stereocenters. The minimum atomic E-state index is 0.170. The third-order valence-corrected chi connectivity index (χ3v) is 3.75. The predicted molar refractivity (Wildman–Crippen MR) is 83.8 cm³/mol. The van der Waals surface area contributed by atoms with Gasteiger partial charge in [-0.15, -0.1) is 0 Å². The molecule has 0 aliphatic rings. The Hall–Kier alpha value is -1.35. The zero-order valence-electron chi connectivity index (χ0n) is 13.5. The molecule has 1 aromatic rings. The highest BCUT2D eigenvalue weighted by Crippen LogP contribution is 2.24. The number of rotatable bonds is 8. The van der Waals surface area contributed by atoms with Crippen LogP contribution in [-0.4, -0.2) is 36.9 Å². The molecule has 20 heavy (non-hydrogen) atoms. The van der Waals surface area contributed by atoms with E-state index < -0.39 is 0 Å². The van der Waals surface area contributed by atoms with Gasteiger partial charge in [-0.2, -0.15) is 0 Å². The van der Waals surface area contributed by atoms with Gasteiger partial charge < -0.3 is 9.64 Å². The average Bonchev–Trinajstić information content (AvgIpc) is 2.43. The van der Waals surface area contributed by atoms with Crippen molar-refractivity contribution in [2.75, 3.05) is 26.2 Å². The maximum Gasteiger partial charge on any atom is 0.167 e. The number of nitrogens with zero attached hydrogens (tertiary/aromatic N) is 1. The van der Waals surface area contributed by atoms with E-state index in [9.17, 15) is 4.79 Å². The Morgan fingerprint density at radius 2 is 1.70 bits per heavy atom. The zero-order chi connectivity index (χ0) is 15.1. The molecule has 0 heterocycles. The highest BCUT2D eigenvalue weighted by atomic mass is 16.5. The van der Waals surface area contributed by atoms with Crippen molar-refractivity contribution in [3.05, 3.63) is 28.8 Å². The Morgan fingerprint density at radius 1 is 1.10 bits per heavy atom. The maximum atomic E-state index is 12.4. The van der Waals surface area contributed by atoms with Crippen molar-refractivity contribution < 1.29 is 9.53 Å². The number of hydrogen-bond donors (Lipinski definition) is 0. The van der Waals surface area contributed by atoms with Gasteiger partial charge in [0.1, 0.15) is 5.75 Å². The number of hydrogen-bond acceptors (Lipinski definition) is 3. The fourth-order valence-corrected chi connectivity index (χ4v) is 2.22. The lowest BCUT2D eigenvalue weighted by Crippen LogP contribution is -2.25. The Balaban J connectivity index is 2.88. The van der Waals surface area contributed by atoms with Crippen LogP contribution in [0.5, 0.6) is 5.75 Å². The highest BCUT2D eigenvalue weighted by molar-refractivity contribution is 5.99. The zero-order valence-corrected chi connectivity index (χ0v) is 13.5. The molecule has 0 spiro atoms. The van der Waals surface area contributed by atoms with Crippen LogP contribution in [0.3, 0.4) is 0 Å². The van der Waals surface area contributed by atoms with Gasteiger partial charge in [0.25, 0.3) is 0 Å². The monoisotopic (exact) mass is 277 g/mol. The van der Waals surface area contributed by atoms with Crippen LogP contribution in [-0.2, 0) is 0 Å². The average molecular weight is 277 g/mol. The van der Waals surface area contributed by atoms with E-state index >= 15 is 0 Å². The number of benzene rings is 1. The Bertz CT molecular complexity index is 451. The summed E-state index contributed by atoms with van der Waals surface area (Å²) < 4.78 is 5.62. The topological polar surface area (TPSA) is 29.5 Å². The molecule has 0 aliphatic carbocycles. The van der Waals surface area contributed by atoms with Gasteiger partial charge in [-0.25, -0.2) is 0 Å². The molecule has 0 aromatic heterocycles. The normalized spacial score (nSPS) is 10.9. The summed E-state index contributed by atoms with van der Waals surface area (Å²) >= 11 is 0. The summed E-state index contributed by atoms with van der Waals surface area (Å²) in [6.07, 6.45) is 0.546. The Labute approximate surface area is 122 Å². The number of carbonyl (C=O) groups is 1. The first-order chi connectivity index (χ1) is 9.53. The molecular weight excluding hydrogens is 250 g/mol. The molecule has 0 radical (unpaired) electrons. The van der Waals surface area contributed by atoms with E-state index in [2.05, 4.69) is 18.7 Å². The number of ketones is 1. The molecule has 1 aromatic carbocycles. The summed E-state index contributed by atoms with van der Waals surface area (Å²) in [6, 6.07) is 3.94. The first-order valence-electron chi connectivity index (χ1n) is 7.53. The van der Waals surface area contributed by atoms with Crippen molar-refractivity contribution in [3.8, 4) is 5.75 Å². The van der Waals surface area contributed by atoms with Crippen molar-refractivity contribution in [2.45, 2.75) is 41.0 Å². The molecule has 112 valence electrons. The number of aryl methyl sites for hydroxylation is 2. The van der Waals surface area contributed by atoms with E-state index in [4.69, 9.17) is 4.74 Å². The van der Waals surface area contributed by atoms with Crippen LogP contribution in [0.1, 0.15) is 48.7 Å². The molecule has 0 saturated carbocycles. The second kappa shape index (κ2) is 8.05. The van der Waals surface area contributed by atoms with E-state index in [0.717, 1.165) is 42.1 Å². The van der Waals surface area contributed by atoms with Gasteiger partial charge >= 0.3 is 0 Å². The summed E-state index contributed by atoms with van der Waals surface area (Å²) in [4.78, 5) is 14.7. The molecule has 0 N–H and O–H groups in total. The molecule has 3 heteroatoms. The van der Waals surface area contributed by atoms with Crippen molar-refractivity contribution in [3.63, 3.8) is 0 Å². The van der Waals surface area contributed by atoms with Crippen LogP contribution in [0.15, 0.2) is 12.1 Å². The van der Waals surface area contributed by atoms with Gasteiger partial charge in [0.15, 0.2) is 5.78 Å². The van der Waals surface area contributed by atoms with Crippen molar-refractivity contribution >= 4 is 5.78 Å². The number of ether oxygens (including phenoxy) is 1. The lowest BCUT2D eigenvalue weighted by molar-refractivity contribution is 0.0962. The minimum Gasteiger partial charge on any atom is -0.493 e. The van der Waals surface area contributed by atoms with Gasteiger partial charge in [-0.3, -0.25) is 4.79 Å². The lowest BCUT2D eigenvalue weighted by atomic mass is 10.0. The molecule has 0 bridgehead atoms. The van der Waals surface area contributed by atoms with Gasteiger partial charge in [-0.1, -0.05) is 13.8 Å². The Morgan fingerprint density at radius 3 is 2.25 bits per heavy atom. The summed E-state index contributed by atoms with van der Waals surface area (Å²) in [7, 11) is 0. The molecule has 0 fully saturated rings. The van der Waals surface area contributed by atoms with Gasteiger partial charge in [0.05, 0.1) is 12.2 Å². The summed E-state index contributed by atoms with van der Waals surface area (Å²) in [5.41, 5.74) is 3.02. The fraction of sp³-hybridized carbons (Fsp3) is 0.588. The van der Waals surface area contributed by atoms with Gasteiger partial charge in [-0.05, 0) is 57.1 Å². The van der Waals surface area contributed by atoms with E-state index in [1.807, 2.05) is 32.9 Å². The highest BCUT2D eigenvalue weighted by Gasteiger charge is 2.15. The van der Waals surface area contributed by atoms with E-state index in [-0.39, 0.29) is 5.78 Å². The van der Waals surface area contributed by atoms with Crippen LogP contribution in [0, 0.1) is 13.8 Å². The van der Waals surface area contributed by atoms with E-state index in [1.54, 1.807) is 0 Å². The van der Waals surface area contributed by atoms with Crippen molar-refractivity contribution in [1.29, 1.82) is 0 Å².